The molecule has 96 valence electrons. The molecule has 1 aliphatic rings. The molecule has 1 atom stereocenters. The largest absolute Gasteiger partial charge is 0.382 e. The minimum Gasteiger partial charge on any atom is -0.382 e. The SMILES string of the molecule is COCCOCCCC(CBr)C1CCCC1. The first-order valence-electron chi connectivity index (χ1n) is 6.51. The summed E-state index contributed by atoms with van der Waals surface area (Å²) in [5.41, 5.74) is 0. The highest BCUT2D eigenvalue weighted by Gasteiger charge is 2.23. The second-order valence-electron chi connectivity index (χ2n) is 4.71. The van der Waals surface area contributed by atoms with Gasteiger partial charge in [-0.15, -0.1) is 0 Å². The van der Waals surface area contributed by atoms with Gasteiger partial charge in [0.05, 0.1) is 13.2 Å². The Morgan fingerprint density at radius 2 is 1.94 bits per heavy atom. The maximum atomic E-state index is 5.49. The van der Waals surface area contributed by atoms with Crippen molar-refractivity contribution >= 4 is 15.9 Å². The van der Waals surface area contributed by atoms with Crippen molar-refractivity contribution in [1.29, 1.82) is 0 Å². The highest BCUT2D eigenvalue weighted by Crippen LogP contribution is 2.34. The van der Waals surface area contributed by atoms with Crippen LogP contribution in [0.25, 0.3) is 0 Å². The Balaban J connectivity index is 2.00. The van der Waals surface area contributed by atoms with E-state index in [9.17, 15) is 0 Å². The van der Waals surface area contributed by atoms with E-state index in [0.29, 0.717) is 6.61 Å². The Morgan fingerprint density at radius 1 is 1.19 bits per heavy atom. The van der Waals surface area contributed by atoms with Crippen molar-refractivity contribution in [3.63, 3.8) is 0 Å². The van der Waals surface area contributed by atoms with Crippen LogP contribution in [0, 0.1) is 11.8 Å². The second-order valence-corrected chi connectivity index (χ2v) is 5.35. The normalized spacial score (nSPS) is 19.1. The molecule has 0 N–H and O–H groups in total. The zero-order chi connectivity index (χ0) is 11.6. The van der Waals surface area contributed by atoms with Crippen molar-refractivity contribution in [2.75, 3.05) is 32.3 Å². The smallest absolute Gasteiger partial charge is 0.0700 e. The van der Waals surface area contributed by atoms with Gasteiger partial charge in [-0.3, -0.25) is 0 Å². The molecule has 1 rings (SSSR count). The van der Waals surface area contributed by atoms with E-state index >= 15 is 0 Å². The molecule has 1 unspecified atom stereocenters. The molecule has 0 spiro atoms. The number of halogens is 1. The van der Waals surface area contributed by atoms with Crippen LogP contribution < -0.4 is 0 Å². The minimum atomic E-state index is 0.713. The first-order valence-corrected chi connectivity index (χ1v) is 7.63. The van der Waals surface area contributed by atoms with Crippen molar-refractivity contribution in [1.82, 2.24) is 0 Å². The average Bonchev–Trinajstić information content (AvgIpc) is 2.82. The van der Waals surface area contributed by atoms with E-state index in [1.807, 2.05) is 0 Å². The van der Waals surface area contributed by atoms with Crippen LogP contribution in [0.2, 0.25) is 0 Å². The van der Waals surface area contributed by atoms with E-state index in [-0.39, 0.29) is 0 Å². The minimum absolute atomic E-state index is 0.713. The summed E-state index contributed by atoms with van der Waals surface area (Å²) in [6, 6.07) is 0. The highest BCUT2D eigenvalue weighted by atomic mass is 79.9. The molecule has 2 nitrogen and oxygen atoms in total. The molecule has 0 bridgehead atoms. The van der Waals surface area contributed by atoms with E-state index in [1.165, 1.54) is 38.5 Å². The number of hydrogen-bond donors (Lipinski definition) is 0. The number of rotatable bonds is 9. The molecule has 16 heavy (non-hydrogen) atoms. The monoisotopic (exact) mass is 292 g/mol. The van der Waals surface area contributed by atoms with Gasteiger partial charge in [0, 0.05) is 19.0 Å². The van der Waals surface area contributed by atoms with Crippen molar-refractivity contribution in [3.8, 4) is 0 Å². The maximum Gasteiger partial charge on any atom is 0.0700 e. The quantitative estimate of drug-likeness (QED) is 0.477. The van der Waals surface area contributed by atoms with Gasteiger partial charge in [0.25, 0.3) is 0 Å². The van der Waals surface area contributed by atoms with Gasteiger partial charge in [0.2, 0.25) is 0 Å². The van der Waals surface area contributed by atoms with Crippen LogP contribution in [0.1, 0.15) is 38.5 Å². The van der Waals surface area contributed by atoms with E-state index in [4.69, 9.17) is 9.47 Å². The first-order chi connectivity index (χ1) is 7.88. The Morgan fingerprint density at radius 3 is 2.56 bits per heavy atom. The molecule has 0 radical (unpaired) electrons. The van der Waals surface area contributed by atoms with E-state index < -0.39 is 0 Å². The summed E-state index contributed by atoms with van der Waals surface area (Å²) in [4.78, 5) is 0. The third-order valence-electron chi connectivity index (χ3n) is 3.56. The summed E-state index contributed by atoms with van der Waals surface area (Å²) in [5.74, 6) is 1.84. The van der Waals surface area contributed by atoms with Crippen LogP contribution in [-0.4, -0.2) is 32.3 Å². The Bertz CT molecular complexity index is 158. The maximum absolute atomic E-state index is 5.49. The molecule has 0 aromatic heterocycles. The van der Waals surface area contributed by atoms with E-state index in [0.717, 1.165) is 30.4 Å². The molecule has 0 saturated heterocycles. The predicted octanol–water partition coefficient (Wildman–Crippen LogP) is 3.63. The molecule has 0 aliphatic heterocycles. The summed E-state index contributed by atoms with van der Waals surface area (Å²) in [7, 11) is 1.71. The van der Waals surface area contributed by atoms with Gasteiger partial charge < -0.3 is 9.47 Å². The van der Waals surface area contributed by atoms with Crippen molar-refractivity contribution in [2.45, 2.75) is 38.5 Å². The molecule has 3 heteroatoms. The van der Waals surface area contributed by atoms with Gasteiger partial charge in [-0.05, 0) is 24.7 Å². The van der Waals surface area contributed by atoms with Crippen molar-refractivity contribution in [2.24, 2.45) is 11.8 Å². The second kappa shape index (κ2) is 9.43. The lowest BCUT2D eigenvalue weighted by Crippen LogP contribution is -2.14. The van der Waals surface area contributed by atoms with Crippen LogP contribution in [0.3, 0.4) is 0 Å². The van der Waals surface area contributed by atoms with Crippen LogP contribution in [0.15, 0.2) is 0 Å². The number of ether oxygens (including phenoxy) is 2. The third kappa shape index (κ3) is 5.65. The summed E-state index contributed by atoms with van der Waals surface area (Å²) in [6.07, 6.45) is 8.28. The Labute approximate surface area is 108 Å². The number of methoxy groups -OCH3 is 1. The summed E-state index contributed by atoms with van der Waals surface area (Å²) in [5, 5.41) is 1.16. The van der Waals surface area contributed by atoms with Gasteiger partial charge in [0.1, 0.15) is 0 Å². The fraction of sp³-hybridized carbons (Fsp3) is 1.00. The topological polar surface area (TPSA) is 18.5 Å². The zero-order valence-electron chi connectivity index (χ0n) is 10.4. The summed E-state index contributed by atoms with van der Waals surface area (Å²) in [6.45, 7) is 2.34. The van der Waals surface area contributed by atoms with E-state index in [2.05, 4.69) is 15.9 Å². The molecule has 0 aromatic carbocycles. The van der Waals surface area contributed by atoms with Crippen molar-refractivity contribution < 1.29 is 9.47 Å². The zero-order valence-corrected chi connectivity index (χ0v) is 12.0. The number of alkyl halides is 1. The number of hydrogen-bond acceptors (Lipinski definition) is 2. The molecule has 0 aromatic rings. The van der Waals surface area contributed by atoms with Crippen LogP contribution >= 0.6 is 15.9 Å². The molecule has 1 fully saturated rings. The third-order valence-corrected chi connectivity index (χ3v) is 4.39. The van der Waals surface area contributed by atoms with Gasteiger partial charge in [-0.1, -0.05) is 41.6 Å². The fourth-order valence-electron chi connectivity index (χ4n) is 2.56. The lowest BCUT2D eigenvalue weighted by atomic mass is 9.89. The Hall–Kier alpha value is 0.400. The van der Waals surface area contributed by atoms with Gasteiger partial charge in [-0.25, -0.2) is 0 Å². The fourth-order valence-corrected chi connectivity index (χ4v) is 3.41. The van der Waals surface area contributed by atoms with Gasteiger partial charge >= 0.3 is 0 Å². The lowest BCUT2D eigenvalue weighted by molar-refractivity contribution is 0.0665. The Kier molecular flexibility index (Phi) is 8.52. The molecular formula is C13H25BrO2. The molecule has 1 saturated carbocycles. The van der Waals surface area contributed by atoms with Crippen molar-refractivity contribution in [3.05, 3.63) is 0 Å². The summed E-state index contributed by atoms with van der Waals surface area (Å²) < 4.78 is 10.4. The van der Waals surface area contributed by atoms with Crippen LogP contribution in [0.5, 0.6) is 0 Å². The highest BCUT2D eigenvalue weighted by molar-refractivity contribution is 9.09. The standard InChI is InChI=1S/C13H25BrO2/c1-15-9-10-16-8-4-7-13(11-14)12-5-2-3-6-12/h12-13H,2-11H2,1H3. The predicted molar refractivity (Wildman–Crippen MR) is 71.2 cm³/mol. The molecular weight excluding hydrogens is 268 g/mol. The van der Waals surface area contributed by atoms with Crippen LogP contribution in [0.4, 0.5) is 0 Å². The molecule has 1 aliphatic carbocycles. The van der Waals surface area contributed by atoms with E-state index in [1.54, 1.807) is 7.11 Å². The summed E-state index contributed by atoms with van der Waals surface area (Å²) >= 11 is 3.66. The average molecular weight is 293 g/mol. The molecule has 0 amide bonds. The lowest BCUT2D eigenvalue weighted by Gasteiger charge is -2.20. The van der Waals surface area contributed by atoms with Gasteiger partial charge in [0.15, 0.2) is 0 Å². The van der Waals surface area contributed by atoms with Crippen LogP contribution in [-0.2, 0) is 9.47 Å². The first kappa shape index (κ1) is 14.5. The van der Waals surface area contributed by atoms with Gasteiger partial charge in [-0.2, -0.15) is 0 Å². The molecule has 0 heterocycles.